The van der Waals surface area contributed by atoms with Crippen LogP contribution in [0.3, 0.4) is 0 Å². The summed E-state index contributed by atoms with van der Waals surface area (Å²) < 4.78 is 10.8. The molecule has 2 aromatic carbocycles. The minimum Gasteiger partial charge on any atom is -0.454 e. The predicted octanol–water partition coefficient (Wildman–Crippen LogP) is 3.40. The number of hydrogen-bond donors (Lipinski definition) is 0. The first-order chi connectivity index (χ1) is 15.2. The lowest BCUT2D eigenvalue weighted by atomic mass is 10.1. The van der Waals surface area contributed by atoms with Gasteiger partial charge >= 0.3 is 0 Å². The van der Waals surface area contributed by atoms with E-state index < -0.39 is 5.92 Å². The smallest absolute Gasteiger partial charge is 0.233 e. The van der Waals surface area contributed by atoms with Crippen LogP contribution in [0.2, 0.25) is 0 Å². The Morgan fingerprint density at radius 2 is 1.84 bits per heavy atom. The molecule has 3 aromatic rings. The minimum atomic E-state index is -0.455. The standard InChI is InChI=1S/C24H21N3O4/c28-23-12-18(15-26(23)19-9-10-20-21(13-19)31-16-30-20)24(29)27(22-8-4-5-11-25-22)14-17-6-2-1-3-7-17/h1-11,13,18H,12,14-16H2/t18-/m0/s1. The van der Waals surface area contributed by atoms with Crippen LogP contribution in [-0.4, -0.2) is 30.1 Å². The topological polar surface area (TPSA) is 72.0 Å². The Hall–Kier alpha value is -3.87. The molecule has 2 amide bonds. The second-order valence-corrected chi connectivity index (χ2v) is 7.54. The monoisotopic (exact) mass is 415 g/mol. The molecule has 0 spiro atoms. The SMILES string of the molecule is O=C1C[C@H](C(=O)N(Cc2ccccc2)c2ccccn2)CN1c1ccc2c(c1)OCO2. The number of aromatic nitrogens is 1. The number of carbonyl (C=O) groups is 2. The number of hydrogen-bond acceptors (Lipinski definition) is 5. The Kier molecular flexibility index (Phi) is 5.00. The van der Waals surface area contributed by atoms with Crippen LogP contribution in [0.4, 0.5) is 11.5 Å². The van der Waals surface area contributed by atoms with Crippen LogP contribution in [0.1, 0.15) is 12.0 Å². The van der Waals surface area contributed by atoms with Gasteiger partial charge in [0.25, 0.3) is 0 Å². The third-order valence-corrected chi connectivity index (χ3v) is 5.52. The van der Waals surface area contributed by atoms with Gasteiger partial charge in [0.05, 0.1) is 12.5 Å². The van der Waals surface area contributed by atoms with Crippen LogP contribution in [0.15, 0.2) is 72.9 Å². The Balaban J connectivity index is 1.39. The summed E-state index contributed by atoms with van der Waals surface area (Å²) in [6.45, 7) is 0.882. The zero-order valence-electron chi connectivity index (χ0n) is 16.8. The number of fused-ring (bicyclic) bond motifs is 1. The fourth-order valence-electron chi connectivity index (χ4n) is 3.95. The highest BCUT2D eigenvalue weighted by molar-refractivity contribution is 6.04. The number of rotatable bonds is 5. The van der Waals surface area contributed by atoms with Gasteiger partial charge in [-0.25, -0.2) is 4.98 Å². The Bertz CT molecular complexity index is 1100. The number of pyridine rings is 1. The summed E-state index contributed by atoms with van der Waals surface area (Å²) in [7, 11) is 0. The van der Waals surface area contributed by atoms with Crippen molar-refractivity contribution in [3.8, 4) is 11.5 Å². The van der Waals surface area contributed by atoms with E-state index in [4.69, 9.17) is 9.47 Å². The first-order valence-corrected chi connectivity index (χ1v) is 10.2. The number of anilines is 2. The summed E-state index contributed by atoms with van der Waals surface area (Å²) in [5.41, 5.74) is 1.70. The lowest BCUT2D eigenvalue weighted by Gasteiger charge is -2.25. The fourth-order valence-corrected chi connectivity index (χ4v) is 3.95. The van der Waals surface area contributed by atoms with Crippen molar-refractivity contribution >= 4 is 23.3 Å². The van der Waals surface area contributed by atoms with E-state index in [1.165, 1.54) is 0 Å². The van der Waals surface area contributed by atoms with E-state index in [-0.39, 0.29) is 25.0 Å². The summed E-state index contributed by atoms with van der Waals surface area (Å²) in [5, 5.41) is 0. The number of ether oxygens (including phenoxy) is 2. The van der Waals surface area contributed by atoms with Gasteiger partial charge in [-0.2, -0.15) is 0 Å². The van der Waals surface area contributed by atoms with E-state index in [2.05, 4.69) is 4.98 Å². The molecule has 3 heterocycles. The summed E-state index contributed by atoms with van der Waals surface area (Å²) in [6, 6.07) is 20.6. The van der Waals surface area contributed by atoms with Gasteiger partial charge in [0, 0.05) is 30.9 Å². The van der Waals surface area contributed by atoms with E-state index in [1.807, 2.05) is 54.6 Å². The van der Waals surface area contributed by atoms with Crippen LogP contribution in [0.5, 0.6) is 11.5 Å². The summed E-state index contributed by atoms with van der Waals surface area (Å²) >= 11 is 0. The van der Waals surface area contributed by atoms with Crippen LogP contribution in [0, 0.1) is 5.92 Å². The molecule has 31 heavy (non-hydrogen) atoms. The van der Waals surface area contributed by atoms with Gasteiger partial charge in [-0.15, -0.1) is 0 Å². The van der Waals surface area contributed by atoms with Crippen LogP contribution in [-0.2, 0) is 16.1 Å². The highest BCUT2D eigenvalue weighted by atomic mass is 16.7. The van der Waals surface area contributed by atoms with Crippen molar-refractivity contribution in [1.29, 1.82) is 0 Å². The molecule has 7 heteroatoms. The lowest BCUT2D eigenvalue weighted by Crippen LogP contribution is -2.37. The Morgan fingerprint density at radius 1 is 1.03 bits per heavy atom. The Morgan fingerprint density at radius 3 is 2.65 bits per heavy atom. The van der Waals surface area contributed by atoms with Crippen molar-refractivity contribution in [3.05, 3.63) is 78.5 Å². The van der Waals surface area contributed by atoms with E-state index in [1.54, 1.807) is 28.1 Å². The third kappa shape index (κ3) is 3.82. The maximum absolute atomic E-state index is 13.5. The molecule has 0 bridgehead atoms. The fraction of sp³-hybridized carbons (Fsp3) is 0.208. The average molecular weight is 415 g/mol. The lowest BCUT2D eigenvalue weighted by molar-refractivity contribution is -0.124. The molecule has 1 fully saturated rings. The molecule has 2 aliphatic heterocycles. The second-order valence-electron chi connectivity index (χ2n) is 7.54. The molecule has 0 saturated carbocycles. The molecular weight excluding hydrogens is 394 g/mol. The normalized spacial score (nSPS) is 17.1. The van der Waals surface area contributed by atoms with E-state index in [0.29, 0.717) is 36.1 Å². The van der Waals surface area contributed by atoms with Gasteiger partial charge in [-0.05, 0) is 29.8 Å². The molecular formula is C24H21N3O4. The second kappa shape index (κ2) is 8.10. The van der Waals surface area contributed by atoms with Gasteiger partial charge in [-0.1, -0.05) is 36.4 Å². The van der Waals surface area contributed by atoms with E-state index in [9.17, 15) is 9.59 Å². The predicted molar refractivity (Wildman–Crippen MR) is 115 cm³/mol. The zero-order valence-corrected chi connectivity index (χ0v) is 16.8. The van der Waals surface area contributed by atoms with Crippen LogP contribution >= 0.6 is 0 Å². The molecule has 1 saturated heterocycles. The van der Waals surface area contributed by atoms with Gasteiger partial charge in [0.1, 0.15) is 5.82 Å². The van der Waals surface area contributed by atoms with Crippen molar-refractivity contribution < 1.29 is 19.1 Å². The van der Waals surface area contributed by atoms with Crippen molar-refractivity contribution in [1.82, 2.24) is 4.98 Å². The highest BCUT2D eigenvalue weighted by Crippen LogP contribution is 2.37. The zero-order chi connectivity index (χ0) is 21.2. The Labute approximate surface area is 179 Å². The van der Waals surface area contributed by atoms with E-state index >= 15 is 0 Å². The molecule has 1 atom stereocenters. The highest BCUT2D eigenvalue weighted by Gasteiger charge is 2.38. The average Bonchev–Trinajstić information content (AvgIpc) is 3.44. The van der Waals surface area contributed by atoms with E-state index in [0.717, 1.165) is 5.56 Å². The van der Waals surface area contributed by atoms with Gasteiger partial charge < -0.3 is 14.4 Å². The van der Waals surface area contributed by atoms with Gasteiger partial charge in [0.2, 0.25) is 18.6 Å². The summed E-state index contributed by atoms with van der Waals surface area (Å²) in [5.74, 6) is 1.19. The molecule has 5 rings (SSSR count). The molecule has 0 radical (unpaired) electrons. The molecule has 0 aliphatic carbocycles. The molecule has 0 N–H and O–H groups in total. The maximum Gasteiger partial charge on any atom is 0.233 e. The molecule has 2 aliphatic rings. The van der Waals surface area contributed by atoms with Gasteiger partial charge in [-0.3, -0.25) is 14.5 Å². The van der Waals surface area contributed by atoms with Crippen molar-refractivity contribution in [2.75, 3.05) is 23.1 Å². The number of nitrogens with zero attached hydrogens (tertiary/aromatic N) is 3. The van der Waals surface area contributed by atoms with Crippen molar-refractivity contribution in [2.24, 2.45) is 5.92 Å². The molecule has 0 unspecified atom stereocenters. The van der Waals surface area contributed by atoms with Crippen LogP contribution < -0.4 is 19.3 Å². The largest absolute Gasteiger partial charge is 0.454 e. The molecule has 7 nitrogen and oxygen atoms in total. The summed E-state index contributed by atoms with van der Waals surface area (Å²) in [4.78, 5) is 34.0. The third-order valence-electron chi connectivity index (χ3n) is 5.52. The first kappa shape index (κ1) is 19.1. The molecule has 156 valence electrons. The van der Waals surface area contributed by atoms with Crippen molar-refractivity contribution in [3.63, 3.8) is 0 Å². The number of amides is 2. The van der Waals surface area contributed by atoms with Crippen LogP contribution in [0.25, 0.3) is 0 Å². The summed E-state index contributed by atoms with van der Waals surface area (Å²) in [6.07, 6.45) is 1.82. The molecule has 1 aromatic heterocycles. The minimum absolute atomic E-state index is 0.0853. The first-order valence-electron chi connectivity index (χ1n) is 10.2. The van der Waals surface area contributed by atoms with Crippen molar-refractivity contribution in [2.45, 2.75) is 13.0 Å². The maximum atomic E-state index is 13.5. The number of benzene rings is 2. The number of carbonyl (C=O) groups excluding carboxylic acids is 2. The quantitative estimate of drug-likeness (QED) is 0.639. The van der Waals surface area contributed by atoms with Gasteiger partial charge in [0.15, 0.2) is 11.5 Å².